The summed E-state index contributed by atoms with van der Waals surface area (Å²) in [4.78, 5) is 8.66. The van der Waals surface area contributed by atoms with Crippen molar-refractivity contribution in [3.8, 4) is 0 Å². The van der Waals surface area contributed by atoms with Crippen LogP contribution in [0.4, 0.5) is 13.2 Å². The summed E-state index contributed by atoms with van der Waals surface area (Å²) in [6, 6.07) is 0. The van der Waals surface area contributed by atoms with Gasteiger partial charge in [-0.2, -0.15) is 0 Å². The van der Waals surface area contributed by atoms with Gasteiger partial charge in [-0.3, -0.25) is 0 Å². The Bertz CT molecular complexity index is 166. The van der Waals surface area contributed by atoms with Crippen LogP contribution in [-0.4, -0.2) is 23.8 Å². The van der Waals surface area contributed by atoms with Crippen LogP contribution >= 0.6 is 18.5 Å². The van der Waals surface area contributed by atoms with Crippen molar-refractivity contribution in [1.29, 1.82) is 0 Å². The van der Waals surface area contributed by atoms with Crippen LogP contribution in [0.3, 0.4) is 0 Å². The van der Waals surface area contributed by atoms with Crippen LogP contribution in [0, 0.1) is 0 Å². The fraction of sp³-hybridized carbons (Fsp3) is 1.00. The molecule has 0 aromatic carbocycles. The van der Waals surface area contributed by atoms with Gasteiger partial charge in [0.05, 0.1) is 0 Å². The van der Waals surface area contributed by atoms with Crippen molar-refractivity contribution in [3.63, 3.8) is 0 Å². The molecule has 0 amide bonds. The molecule has 1 unspecified atom stereocenters. The Morgan fingerprint density at radius 1 is 1.64 bits per heavy atom. The van der Waals surface area contributed by atoms with E-state index < -0.39 is 26.2 Å². The molecule has 0 aromatic heterocycles. The van der Waals surface area contributed by atoms with E-state index in [9.17, 15) is 13.2 Å². The van der Waals surface area contributed by atoms with E-state index in [0.717, 1.165) is 0 Å². The third-order valence-electron chi connectivity index (χ3n) is 1.02. The first-order valence-corrected chi connectivity index (χ1v) is 5.36. The van der Waals surface area contributed by atoms with Gasteiger partial charge in [-0.25, -0.2) is 0 Å². The number of hydrogen-bond acceptors (Lipinski definition) is 3. The topological polar surface area (TPSA) is 38.7 Å². The van der Waals surface area contributed by atoms with E-state index in [1.807, 2.05) is 0 Å². The maximum absolute atomic E-state index is 12.2. The van der Waals surface area contributed by atoms with Gasteiger partial charge in [0.1, 0.15) is 0 Å². The van der Waals surface area contributed by atoms with Gasteiger partial charge in [-0.1, -0.05) is 0 Å². The van der Waals surface area contributed by atoms with Crippen LogP contribution in [-0.2, 0) is 9.05 Å². The third kappa shape index (κ3) is 2.16. The van der Waals surface area contributed by atoms with Gasteiger partial charge >= 0.3 is 64.5 Å². The van der Waals surface area contributed by atoms with Crippen LogP contribution in [0.25, 0.3) is 0 Å². The van der Waals surface area contributed by atoms with Gasteiger partial charge in [0.2, 0.25) is 0 Å². The van der Waals surface area contributed by atoms with E-state index in [2.05, 4.69) is 9.05 Å². The number of alkyl halides is 3. The van der Waals surface area contributed by atoms with Crippen molar-refractivity contribution < 1.29 is 27.1 Å². The first-order chi connectivity index (χ1) is 4.83. The molecule has 8 heteroatoms. The minimum atomic E-state index is -4.13. The van der Waals surface area contributed by atoms with Crippen molar-refractivity contribution in [3.05, 3.63) is 0 Å². The zero-order valence-corrected chi connectivity index (χ0v) is 6.82. The average Bonchev–Trinajstić information content (AvgIpc) is 1.81. The van der Waals surface area contributed by atoms with E-state index in [1.165, 1.54) is 0 Å². The van der Waals surface area contributed by atoms with E-state index in [0.29, 0.717) is 0 Å². The Labute approximate surface area is 65.4 Å². The van der Waals surface area contributed by atoms with Gasteiger partial charge in [0, 0.05) is 0 Å². The molecule has 1 rings (SSSR count). The fourth-order valence-corrected chi connectivity index (χ4v) is 1.76. The molecule has 0 aliphatic carbocycles. The third-order valence-corrected chi connectivity index (χ3v) is 2.62. The molecule has 3 nitrogen and oxygen atoms in total. The molecule has 11 heavy (non-hydrogen) atoms. The molecule has 0 spiro atoms. The summed E-state index contributed by atoms with van der Waals surface area (Å²) in [5.41, 5.74) is 0. The molecule has 1 saturated heterocycles. The molecule has 1 aliphatic rings. The predicted molar refractivity (Wildman–Crippen MR) is 33.3 cm³/mol. The molecule has 1 N–H and O–H groups in total. The van der Waals surface area contributed by atoms with Crippen LogP contribution in [0.15, 0.2) is 0 Å². The summed E-state index contributed by atoms with van der Waals surface area (Å²) in [5, 5.41) is 0. The molecule has 0 radical (unpaired) electrons. The summed E-state index contributed by atoms with van der Waals surface area (Å²) < 4.78 is 44.2. The van der Waals surface area contributed by atoms with Gasteiger partial charge < -0.3 is 0 Å². The summed E-state index contributed by atoms with van der Waals surface area (Å²) in [6.45, 7) is -1.25. The first kappa shape index (κ1) is 9.48. The molecule has 68 valence electrons. The SMILES string of the molecule is O[PH]1(Cl)OCC(F)(F)C(F)O1. The summed E-state index contributed by atoms with van der Waals surface area (Å²) in [5.74, 6) is -3.73. The summed E-state index contributed by atoms with van der Waals surface area (Å²) >= 11 is 4.97. The quantitative estimate of drug-likeness (QED) is 0.620. The van der Waals surface area contributed by atoms with Gasteiger partial charge in [0.25, 0.3) is 0 Å². The van der Waals surface area contributed by atoms with Gasteiger partial charge in [-0.15, -0.1) is 0 Å². The van der Waals surface area contributed by atoms with Crippen LogP contribution in [0.5, 0.6) is 0 Å². The predicted octanol–water partition coefficient (Wildman–Crippen LogP) is 1.61. The second-order valence-corrected chi connectivity index (χ2v) is 4.96. The molecular formula is C3H5ClF3O3P. The fourth-order valence-electron chi connectivity index (χ4n) is 0.499. The van der Waals surface area contributed by atoms with E-state index in [1.54, 1.807) is 0 Å². The van der Waals surface area contributed by atoms with Crippen molar-refractivity contribution in [2.75, 3.05) is 6.61 Å². The Morgan fingerprint density at radius 2 is 2.18 bits per heavy atom. The van der Waals surface area contributed by atoms with Gasteiger partial charge in [0.15, 0.2) is 0 Å². The molecule has 1 heterocycles. The van der Waals surface area contributed by atoms with Crippen LogP contribution in [0.2, 0.25) is 0 Å². The second-order valence-electron chi connectivity index (χ2n) is 1.99. The zero-order valence-electron chi connectivity index (χ0n) is 5.06. The average molecular weight is 212 g/mol. The summed E-state index contributed by atoms with van der Waals surface area (Å²) in [7, 11) is -4.13. The van der Waals surface area contributed by atoms with Crippen molar-refractivity contribution in [2.24, 2.45) is 0 Å². The van der Waals surface area contributed by atoms with E-state index in [-0.39, 0.29) is 0 Å². The molecule has 1 atom stereocenters. The second kappa shape index (κ2) is 2.71. The summed E-state index contributed by atoms with van der Waals surface area (Å²) in [6.07, 6.45) is -2.88. The molecule has 1 aliphatic heterocycles. The Morgan fingerprint density at radius 3 is 2.55 bits per heavy atom. The standard InChI is InChI=1S/C3H5ClF3O3P/c4-11(8)9-1-3(6,7)2(5)10-11/h2,8,11H,1H2. The number of halogens is 4. The maximum atomic E-state index is 12.2. The molecular weight excluding hydrogens is 207 g/mol. The monoisotopic (exact) mass is 212 g/mol. The van der Waals surface area contributed by atoms with E-state index >= 15 is 0 Å². The normalized spacial score (nSPS) is 38.1. The minimum absolute atomic E-state index is 1.25. The van der Waals surface area contributed by atoms with Gasteiger partial charge in [-0.05, 0) is 0 Å². The molecule has 0 saturated carbocycles. The van der Waals surface area contributed by atoms with Crippen molar-refractivity contribution in [1.82, 2.24) is 0 Å². The van der Waals surface area contributed by atoms with Crippen LogP contribution in [0.1, 0.15) is 0 Å². The van der Waals surface area contributed by atoms with Crippen molar-refractivity contribution >= 4 is 18.5 Å². The number of hydrogen-bond donors (Lipinski definition) is 1. The van der Waals surface area contributed by atoms with Crippen molar-refractivity contribution in [2.45, 2.75) is 12.3 Å². The van der Waals surface area contributed by atoms with Crippen LogP contribution < -0.4 is 0 Å². The first-order valence-electron chi connectivity index (χ1n) is 2.58. The Kier molecular flexibility index (Phi) is 2.33. The zero-order chi connectivity index (χ0) is 8.70. The molecule has 0 aromatic rings. The Balaban J connectivity index is 2.63. The molecule has 1 fully saturated rings. The van der Waals surface area contributed by atoms with E-state index in [4.69, 9.17) is 16.1 Å². The number of rotatable bonds is 0. The Hall–Kier alpha value is 0.390. The molecule has 0 bridgehead atoms.